The molecule has 1 aromatic heterocycles. The number of nitrogens with one attached hydrogen (secondary N) is 1. The van der Waals surface area contributed by atoms with Gasteiger partial charge in [0.2, 0.25) is 0 Å². The lowest BCUT2D eigenvalue weighted by Gasteiger charge is -1.98. The summed E-state index contributed by atoms with van der Waals surface area (Å²) in [6, 6.07) is 8.30. The van der Waals surface area contributed by atoms with Gasteiger partial charge >= 0.3 is 5.88 Å². The first kappa shape index (κ1) is 12.9. The summed E-state index contributed by atoms with van der Waals surface area (Å²) in [6.45, 7) is 0. The molecule has 1 aromatic carbocycles. The van der Waals surface area contributed by atoms with Gasteiger partial charge in [-0.1, -0.05) is 0 Å². The van der Waals surface area contributed by atoms with Gasteiger partial charge in [0.1, 0.15) is 10.7 Å². The van der Waals surface area contributed by atoms with Crippen molar-refractivity contribution in [3.05, 3.63) is 55.3 Å². The highest BCUT2D eigenvalue weighted by atomic mass is 127. The maximum Gasteiger partial charge on any atom is 0.433 e. The van der Waals surface area contributed by atoms with E-state index in [0.29, 0.717) is 5.57 Å². The smallest absolute Gasteiger partial charge is 0.401 e. The molecular weight excluding hydrogens is 375 g/mol. The molecule has 1 aliphatic heterocycles. The average molecular weight is 382 g/mol. The zero-order valence-electron chi connectivity index (χ0n) is 9.92. The first-order chi connectivity index (χ1) is 9.54. The Morgan fingerprint density at radius 1 is 1.30 bits per heavy atom. The Morgan fingerprint density at radius 3 is 2.80 bits per heavy atom. The number of hydrogen-bond donors (Lipinski definition) is 1. The van der Waals surface area contributed by atoms with Gasteiger partial charge in [-0.15, -0.1) is 0 Å². The molecule has 0 atom stereocenters. The fourth-order valence-corrected chi connectivity index (χ4v) is 2.45. The molecular formula is C13H7IN2O4. The van der Waals surface area contributed by atoms with Crippen molar-refractivity contribution in [3.63, 3.8) is 0 Å². The molecule has 1 amide bonds. The summed E-state index contributed by atoms with van der Waals surface area (Å²) in [5.41, 5.74) is 1.92. The monoisotopic (exact) mass is 382 g/mol. The first-order valence-electron chi connectivity index (χ1n) is 5.62. The van der Waals surface area contributed by atoms with E-state index in [0.717, 1.165) is 14.8 Å². The van der Waals surface area contributed by atoms with Crippen molar-refractivity contribution in [2.24, 2.45) is 0 Å². The van der Waals surface area contributed by atoms with Gasteiger partial charge in [0.25, 0.3) is 5.91 Å². The van der Waals surface area contributed by atoms with E-state index in [-0.39, 0.29) is 17.6 Å². The molecule has 0 aliphatic carbocycles. The predicted octanol–water partition coefficient (Wildman–Crippen LogP) is 3.29. The molecule has 1 N–H and O–H groups in total. The minimum Gasteiger partial charge on any atom is -0.401 e. The van der Waals surface area contributed by atoms with E-state index in [1.807, 2.05) is 18.2 Å². The van der Waals surface area contributed by atoms with Crippen molar-refractivity contribution >= 4 is 51.7 Å². The number of benzene rings is 1. The number of nitro groups is 1. The summed E-state index contributed by atoms with van der Waals surface area (Å²) in [4.78, 5) is 21.9. The summed E-state index contributed by atoms with van der Waals surface area (Å²) in [7, 11) is 0. The second-order valence-electron chi connectivity index (χ2n) is 4.14. The van der Waals surface area contributed by atoms with Gasteiger partial charge < -0.3 is 9.73 Å². The van der Waals surface area contributed by atoms with E-state index in [1.165, 1.54) is 18.2 Å². The number of rotatable bonds is 2. The van der Waals surface area contributed by atoms with Crippen LogP contribution in [0.4, 0.5) is 11.6 Å². The molecule has 6 nitrogen and oxygen atoms in total. The Hall–Kier alpha value is -2.16. The Balaban J connectivity index is 2.05. The highest BCUT2D eigenvalue weighted by Crippen LogP contribution is 2.34. The molecule has 0 spiro atoms. The van der Waals surface area contributed by atoms with Crippen molar-refractivity contribution in [3.8, 4) is 0 Å². The molecule has 0 fully saturated rings. The molecule has 20 heavy (non-hydrogen) atoms. The molecule has 0 saturated carbocycles. The van der Waals surface area contributed by atoms with Crippen LogP contribution in [-0.2, 0) is 4.79 Å². The topological polar surface area (TPSA) is 85.4 Å². The van der Waals surface area contributed by atoms with Crippen LogP contribution in [0.1, 0.15) is 11.3 Å². The van der Waals surface area contributed by atoms with Crippen molar-refractivity contribution in [2.45, 2.75) is 0 Å². The number of halogens is 1. The van der Waals surface area contributed by atoms with Crippen LogP contribution in [0, 0.1) is 13.7 Å². The normalized spacial score (nSPS) is 15.2. The number of fused-ring (bicyclic) bond motifs is 1. The number of nitrogens with zero attached hydrogens (tertiary/aromatic N) is 1. The molecule has 0 saturated heterocycles. The number of anilines is 1. The van der Waals surface area contributed by atoms with Gasteiger partial charge in [0, 0.05) is 14.8 Å². The third kappa shape index (κ3) is 2.20. The van der Waals surface area contributed by atoms with Crippen LogP contribution >= 0.6 is 22.6 Å². The zero-order chi connectivity index (χ0) is 14.3. The minimum atomic E-state index is -0.617. The lowest BCUT2D eigenvalue weighted by Crippen LogP contribution is -2.03. The van der Waals surface area contributed by atoms with Gasteiger partial charge in [0.05, 0.1) is 11.6 Å². The fraction of sp³-hybridized carbons (Fsp3) is 0. The molecule has 0 radical (unpaired) electrons. The standard InChI is InChI=1S/C13H7IN2O4/c14-7-1-3-11-9(5-7)10(13(17)15-11)6-8-2-4-12(20-8)16(18)19/h1-6H,(H,15,17). The van der Waals surface area contributed by atoms with Crippen molar-refractivity contribution in [1.29, 1.82) is 0 Å². The second kappa shape index (κ2) is 4.75. The quantitative estimate of drug-likeness (QED) is 0.374. The van der Waals surface area contributed by atoms with Gasteiger partial charge in [-0.2, -0.15) is 0 Å². The third-order valence-corrected chi connectivity index (χ3v) is 3.51. The number of furan rings is 1. The second-order valence-corrected chi connectivity index (χ2v) is 5.38. The molecule has 2 heterocycles. The van der Waals surface area contributed by atoms with E-state index in [9.17, 15) is 14.9 Å². The minimum absolute atomic E-state index is 0.249. The molecule has 0 unspecified atom stereocenters. The summed E-state index contributed by atoms with van der Waals surface area (Å²) in [5.74, 6) is -0.326. The van der Waals surface area contributed by atoms with E-state index in [1.54, 1.807) is 0 Å². The van der Waals surface area contributed by atoms with E-state index in [2.05, 4.69) is 27.9 Å². The molecule has 100 valence electrons. The Morgan fingerprint density at radius 2 is 2.10 bits per heavy atom. The van der Waals surface area contributed by atoms with Crippen molar-refractivity contribution in [1.82, 2.24) is 0 Å². The zero-order valence-corrected chi connectivity index (χ0v) is 12.1. The summed E-state index contributed by atoms with van der Waals surface area (Å²) < 4.78 is 6.04. The van der Waals surface area contributed by atoms with Crippen LogP contribution in [0.3, 0.4) is 0 Å². The molecule has 1 aliphatic rings. The third-order valence-electron chi connectivity index (χ3n) is 2.84. The molecule has 3 rings (SSSR count). The SMILES string of the molecule is O=C1Nc2ccc(I)cc2C1=Cc1ccc([N+](=O)[O-])o1. The number of carbonyl (C=O) groups is 1. The van der Waals surface area contributed by atoms with Gasteiger partial charge in [-0.05, 0) is 52.9 Å². The van der Waals surface area contributed by atoms with Crippen molar-refractivity contribution in [2.75, 3.05) is 5.32 Å². The van der Waals surface area contributed by atoms with Gasteiger partial charge in [-0.25, -0.2) is 0 Å². The van der Waals surface area contributed by atoms with Gasteiger partial charge in [-0.3, -0.25) is 14.9 Å². The lowest BCUT2D eigenvalue weighted by atomic mass is 10.1. The predicted molar refractivity (Wildman–Crippen MR) is 81.0 cm³/mol. The van der Waals surface area contributed by atoms with E-state index >= 15 is 0 Å². The van der Waals surface area contributed by atoms with Crippen LogP contribution in [0.15, 0.2) is 34.7 Å². The lowest BCUT2D eigenvalue weighted by molar-refractivity contribution is -0.402. The summed E-state index contributed by atoms with van der Waals surface area (Å²) in [5, 5.41) is 13.3. The Kier molecular flexibility index (Phi) is 3.05. The number of amides is 1. The highest BCUT2D eigenvalue weighted by molar-refractivity contribution is 14.1. The summed E-state index contributed by atoms with van der Waals surface area (Å²) in [6.07, 6.45) is 1.50. The molecule has 0 bridgehead atoms. The average Bonchev–Trinajstić information content (AvgIpc) is 2.97. The highest BCUT2D eigenvalue weighted by Gasteiger charge is 2.25. The molecule has 7 heteroatoms. The van der Waals surface area contributed by atoms with Crippen LogP contribution in [0.2, 0.25) is 0 Å². The van der Waals surface area contributed by atoms with Crippen LogP contribution in [0.25, 0.3) is 11.6 Å². The maximum atomic E-state index is 11.9. The molecule has 2 aromatic rings. The fourth-order valence-electron chi connectivity index (χ4n) is 1.96. The van der Waals surface area contributed by atoms with Gasteiger partial charge in [0.15, 0.2) is 0 Å². The maximum absolute atomic E-state index is 11.9. The number of carbonyl (C=O) groups excluding carboxylic acids is 1. The summed E-state index contributed by atoms with van der Waals surface area (Å²) >= 11 is 2.16. The van der Waals surface area contributed by atoms with Crippen LogP contribution < -0.4 is 5.32 Å². The van der Waals surface area contributed by atoms with E-state index in [4.69, 9.17) is 4.42 Å². The van der Waals surface area contributed by atoms with Crippen LogP contribution in [0.5, 0.6) is 0 Å². The van der Waals surface area contributed by atoms with E-state index < -0.39 is 4.92 Å². The van der Waals surface area contributed by atoms with Crippen molar-refractivity contribution < 1.29 is 14.1 Å². The number of hydrogen-bond acceptors (Lipinski definition) is 4. The van der Waals surface area contributed by atoms with Crippen LogP contribution in [-0.4, -0.2) is 10.8 Å². The first-order valence-corrected chi connectivity index (χ1v) is 6.69. The Bertz CT molecular complexity index is 763. The largest absolute Gasteiger partial charge is 0.433 e. The Labute approximate surface area is 126 Å².